The predicted molar refractivity (Wildman–Crippen MR) is 76.7 cm³/mol. The topological polar surface area (TPSA) is 12.0 Å². The summed E-state index contributed by atoms with van der Waals surface area (Å²) in [4.78, 5) is 0. The van der Waals surface area contributed by atoms with Gasteiger partial charge in [-0.25, -0.2) is 4.39 Å². The lowest BCUT2D eigenvalue weighted by Gasteiger charge is -2.18. The maximum absolute atomic E-state index is 13.1. The van der Waals surface area contributed by atoms with Gasteiger partial charge in [0.05, 0.1) is 0 Å². The molecule has 1 nitrogen and oxygen atoms in total. The summed E-state index contributed by atoms with van der Waals surface area (Å²) in [5.41, 5.74) is 0.913. The van der Waals surface area contributed by atoms with Crippen molar-refractivity contribution < 1.29 is 4.39 Å². The molecule has 0 saturated heterocycles. The minimum atomic E-state index is -0.206. The Hall–Kier alpha value is -0.600. The molecule has 0 amide bonds. The molecule has 1 aromatic rings. The summed E-state index contributed by atoms with van der Waals surface area (Å²) in [6.07, 6.45) is 5.31. The largest absolute Gasteiger partial charge is 0.314 e. The van der Waals surface area contributed by atoms with Crippen molar-refractivity contribution in [2.45, 2.75) is 52.0 Å². The highest BCUT2D eigenvalue weighted by molar-refractivity contribution is 6.31. The van der Waals surface area contributed by atoms with Gasteiger partial charge in [0.1, 0.15) is 5.82 Å². The van der Waals surface area contributed by atoms with E-state index in [0.29, 0.717) is 11.1 Å². The van der Waals surface area contributed by atoms with Crippen LogP contribution in [0.15, 0.2) is 18.2 Å². The first-order chi connectivity index (χ1) is 8.67. The van der Waals surface area contributed by atoms with Gasteiger partial charge < -0.3 is 5.32 Å². The molecular weight excluding hydrogens is 249 g/mol. The third-order valence-electron chi connectivity index (χ3n) is 3.09. The molecule has 0 spiro atoms. The fraction of sp³-hybridized carbons (Fsp3) is 0.600. The highest BCUT2D eigenvalue weighted by Crippen LogP contribution is 2.19. The fourth-order valence-corrected chi connectivity index (χ4v) is 2.32. The van der Waals surface area contributed by atoms with Crippen LogP contribution < -0.4 is 5.32 Å². The maximum Gasteiger partial charge on any atom is 0.123 e. The van der Waals surface area contributed by atoms with Crippen LogP contribution in [0, 0.1) is 5.82 Å². The lowest BCUT2D eigenvalue weighted by atomic mass is 10.0. The Morgan fingerprint density at radius 2 is 2.00 bits per heavy atom. The molecule has 0 heterocycles. The summed E-state index contributed by atoms with van der Waals surface area (Å²) in [6, 6.07) is 5.10. The van der Waals surface area contributed by atoms with Crippen molar-refractivity contribution in [3.8, 4) is 0 Å². The van der Waals surface area contributed by atoms with Crippen LogP contribution >= 0.6 is 11.6 Å². The molecule has 102 valence electrons. The van der Waals surface area contributed by atoms with Gasteiger partial charge in [-0.15, -0.1) is 0 Å². The van der Waals surface area contributed by atoms with Gasteiger partial charge in [-0.2, -0.15) is 0 Å². The lowest BCUT2D eigenvalue weighted by Crippen LogP contribution is -2.30. The summed E-state index contributed by atoms with van der Waals surface area (Å²) in [7, 11) is 0. The van der Waals surface area contributed by atoms with E-state index in [1.54, 1.807) is 12.1 Å². The summed E-state index contributed by atoms with van der Waals surface area (Å²) >= 11 is 6.07. The van der Waals surface area contributed by atoms with Crippen molar-refractivity contribution in [3.63, 3.8) is 0 Å². The molecule has 0 radical (unpaired) electrons. The molecule has 0 aliphatic heterocycles. The van der Waals surface area contributed by atoms with Gasteiger partial charge >= 0.3 is 0 Å². The molecule has 0 bridgehead atoms. The molecule has 3 heteroatoms. The Balaban J connectivity index is 2.52. The van der Waals surface area contributed by atoms with Crippen LogP contribution in [0.25, 0.3) is 0 Å². The summed E-state index contributed by atoms with van der Waals surface area (Å²) in [6.45, 7) is 5.40. The van der Waals surface area contributed by atoms with Crippen molar-refractivity contribution in [1.29, 1.82) is 0 Å². The Bertz CT molecular complexity index is 354. The molecule has 1 rings (SSSR count). The normalized spacial score (nSPS) is 12.7. The molecule has 1 unspecified atom stereocenters. The van der Waals surface area contributed by atoms with Crippen LogP contribution in [0.5, 0.6) is 0 Å². The third-order valence-corrected chi connectivity index (χ3v) is 3.46. The van der Waals surface area contributed by atoms with Crippen molar-refractivity contribution in [1.82, 2.24) is 5.32 Å². The Morgan fingerprint density at radius 1 is 1.22 bits per heavy atom. The maximum atomic E-state index is 13.1. The van der Waals surface area contributed by atoms with E-state index < -0.39 is 0 Å². The van der Waals surface area contributed by atoms with E-state index in [1.807, 2.05) is 0 Å². The highest BCUT2D eigenvalue weighted by atomic mass is 35.5. The Kier molecular flexibility index (Phi) is 7.29. The third kappa shape index (κ3) is 5.36. The zero-order valence-corrected chi connectivity index (χ0v) is 12.1. The summed E-state index contributed by atoms with van der Waals surface area (Å²) in [5, 5.41) is 4.21. The highest BCUT2D eigenvalue weighted by Gasteiger charge is 2.09. The first kappa shape index (κ1) is 15.5. The SMILES string of the molecule is CCCNC(CCC)CCc1cc(F)ccc1Cl. The quantitative estimate of drug-likeness (QED) is 0.730. The number of rotatable bonds is 8. The monoisotopic (exact) mass is 271 g/mol. The zero-order chi connectivity index (χ0) is 13.4. The van der Waals surface area contributed by atoms with E-state index in [2.05, 4.69) is 19.2 Å². The lowest BCUT2D eigenvalue weighted by molar-refractivity contribution is 0.448. The number of benzene rings is 1. The first-order valence-corrected chi connectivity index (χ1v) is 7.22. The van der Waals surface area contributed by atoms with E-state index >= 15 is 0 Å². The predicted octanol–water partition coefficient (Wildman–Crippen LogP) is 4.58. The smallest absolute Gasteiger partial charge is 0.123 e. The van der Waals surface area contributed by atoms with Gasteiger partial charge in [0, 0.05) is 11.1 Å². The molecule has 0 aliphatic rings. The molecule has 18 heavy (non-hydrogen) atoms. The zero-order valence-electron chi connectivity index (χ0n) is 11.3. The van der Waals surface area contributed by atoms with Crippen molar-refractivity contribution in [2.75, 3.05) is 6.54 Å². The number of halogens is 2. The Labute approximate surface area is 115 Å². The van der Waals surface area contributed by atoms with Crippen molar-refractivity contribution in [2.24, 2.45) is 0 Å². The van der Waals surface area contributed by atoms with E-state index in [4.69, 9.17) is 11.6 Å². The molecule has 0 aromatic heterocycles. The van der Waals surface area contributed by atoms with Crippen LogP contribution in [0.3, 0.4) is 0 Å². The first-order valence-electron chi connectivity index (χ1n) is 6.84. The molecule has 0 saturated carbocycles. The van der Waals surface area contributed by atoms with Crippen LogP contribution in [0.2, 0.25) is 5.02 Å². The van der Waals surface area contributed by atoms with Crippen LogP contribution in [0.4, 0.5) is 4.39 Å². The van der Waals surface area contributed by atoms with Crippen LogP contribution in [-0.4, -0.2) is 12.6 Å². The minimum Gasteiger partial charge on any atom is -0.314 e. The number of hydrogen-bond acceptors (Lipinski definition) is 1. The molecular formula is C15H23ClFN. The molecule has 0 fully saturated rings. The standard InChI is InChI=1S/C15H23ClFN/c1-3-5-14(18-10-4-2)8-6-12-11-13(17)7-9-15(12)16/h7,9,11,14,18H,3-6,8,10H2,1-2H3. The second-order valence-corrected chi connectivity index (χ2v) is 5.12. The van der Waals surface area contributed by atoms with Crippen LogP contribution in [0.1, 0.15) is 45.1 Å². The second kappa shape index (κ2) is 8.49. The molecule has 0 aliphatic carbocycles. The van der Waals surface area contributed by atoms with E-state index in [9.17, 15) is 4.39 Å². The van der Waals surface area contributed by atoms with Gasteiger partial charge in [0.2, 0.25) is 0 Å². The second-order valence-electron chi connectivity index (χ2n) is 4.71. The van der Waals surface area contributed by atoms with Gasteiger partial charge in [-0.1, -0.05) is 31.9 Å². The number of hydrogen-bond donors (Lipinski definition) is 1. The van der Waals surface area contributed by atoms with E-state index in [-0.39, 0.29) is 5.82 Å². The average Bonchev–Trinajstić information content (AvgIpc) is 2.36. The summed E-state index contributed by atoms with van der Waals surface area (Å²) < 4.78 is 13.1. The summed E-state index contributed by atoms with van der Waals surface area (Å²) in [5.74, 6) is -0.206. The van der Waals surface area contributed by atoms with Gasteiger partial charge in [0.25, 0.3) is 0 Å². The van der Waals surface area contributed by atoms with Gasteiger partial charge in [-0.3, -0.25) is 0 Å². The van der Waals surface area contributed by atoms with Crippen molar-refractivity contribution >= 4 is 11.6 Å². The van der Waals surface area contributed by atoms with E-state index in [0.717, 1.165) is 44.2 Å². The van der Waals surface area contributed by atoms with Gasteiger partial charge in [-0.05, 0) is 56.0 Å². The number of nitrogens with one attached hydrogen (secondary N) is 1. The molecule has 1 atom stereocenters. The van der Waals surface area contributed by atoms with E-state index in [1.165, 1.54) is 6.07 Å². The number of aryl methyl sites for hydroxylation is 1. The minimum absolute atomic E-state index is 0.206. The van der Waals surface area contributed by atoms with Crippen LogP contribution in [-0.2, 0) is 6.42 Å². The fourth-order valence-electron chi connectivity index (χ4n) is 2.11. The van der Waals surface area contributed by atoms with Crippen molar-refractivity contribution in [3.05, 3.63) is 34.6 Å². The average molecular weight is 272 g/mol. The molecule has 1 aromatic carbocycles. The molecule has 1 N–H and O–H groups in total. The Morgan fingerprint density at radius 3 is 2.67 bits per heavy atom. The van der Waals surface area contributed by atoms with Gasteiger partial charge in [0.15, 0.2) is 0 Å².